The van der Waals surface area contributed by atoms with E-state index in [2.05, 4.69) is 57.3 Å². The second-order valence-electron chi connectivity index (χ2n) is 10.5. The van der Waals surface area contributed by atoms with E-state index in [1.54, 1.807) is 11.1 Å². The molecule has 0 amide bonds. The van der Waals surface area contributed by atoms with Crippen LogP contribution in [0.25, 0.3) is 0 Å². The van der Waals surface area contributed by atoms with Gasteiger partial charge in [0, 0.05) is 23.8 Å². The standard InChI is InChI=1S/C24H38N2O.C4H4O4/c1-18(2)19-8-10-21-20(16-19)9-11-22-23(3,12-7-13-24(21,22)4)17-26-27-15-6-5-14-25;5-3(6)1-2-4(7)8/h8,10,16-18,22H,5-7,9,11-15,25H2,1-4H3;1-2H,(H,5,6)(H,7,8)/b26-17+;2-1+/t22-,23-,24+;/m0./s1. The summed E-state index contributed by atoms with van der Waals surface area (Å²) in [5, 5.41) is 20.0. The van der Waals surface area contributed by atoms with E-state index in [0.29, 0.717) is 30.6 Å². The van der Waals surface area contributed by atoms with E-state index in [9.17, 15) is 9.59 Å². The van der Waals surface area contributed by atoms with Crippen LogP contribution in [0.3, 0.4) is 0 Å². The molecule has 3 rings (SSSR count). The zero-order valence-electron chi connectivity index (χ0n) is 21.6. The lowest BCUT2D eigenvalue weighted by atomic mass is 9.50. The number of nitrogens with zero attached hydrogens (tertiary/aromatic N) is 1. The zero-order valence-corrected chi connectivity index (χ0v) is 21.6. The highest BCUT2D eigenvalue weighted by atomic mass is 16.6. The van der Waals surface area contributed by atoms with E-state index in [1.807, 2.05) is 0 Å². The third-order valence-corrected chi connectivity index (χ3v) is 7.57. The van der Waals surface area contributed by atoms with Gasteiger partial charge in [0.05, 0.1) is 0 Å². The Hall–Kier alpha value is -2.67. The largest absolute Gasteiger partial charge is 0.478 e. The highest BCUT2D eigenvalue weighted by Crippen LogP contribution is 2.56. The number of carboxylic acids is 2. The fourth-order valence-corrected chi connectivity index (χ4v) is 5.74. The van der Waals surface area contributed by atoms with Gasteiger partial charge in [0.25, 0.3) is 0 Å². The average molecular weight is 487 g/mol. The van der Waals surface area contributed by atoms with Crippen LogP contribution in [0.15, 0.2) is 35.5 Å². The van der Waals surface area contributed by atoms with Crippen LogP contribution < -0.4 is 5.73 Å². The Bertz CT molecular complexity index is 910. The lowest BCUT2D eigenvalue weighted by molar-refractivity contribution is -0.134. The lowest BCUT2D eigenvalue weighted by Gasteiger charge is -2.54. The van der Waals surface area contributed by atoms with Gasteiger partial charge < -0.3 is 20.8 Å². The van der Waals surface area contributed by atoms with Crippen LogP contribution in [0.5, 0.6) is 0 Å². The topological polar surface area (TPSA) is 122 Å². The molecule has 2 aliphatic rings. The van der Waals surface area contributed by atoms with Crippen molar-refractivity contribution < 1.29 is 24.6 Å². The number of aliphatic carboxylic acids is 2. The number of fused-ring (bicyclic) bond motifs is 3. The predicted octanol–water partition coefficient (Wildman–Crippen LogP) is 5.27. The monoisotopic (exact) mass is 486 g/mol. The highest BCUT2D eigenvalue weighted by Gasteiger charge is 2.51. The molecule has 35 heavy (non-hydrogen) atoms. The molecule has 0 radical (unpaired) electrons. The van der Waals surface area contributed by atoms with Crippen molar-refractivity contribution in [2.75, 3.05) is 13.2 Å². The number of hydrogen-bond donors (Lipinski definition) is 3. The Kier molecular flexibility index (Phi) is 10.5. The molecule has 7 nitrogen and oxygen atoms in total. The fourth-order valence-electron chi connectivity index (χ4n) is 5.74. The molecule has 194 valence electrons. The Morgan fingerprint density at radius 1 is 1.17 bits per heavy atom. The summed E-state index contributed by atoms with van der Waals surface area (Å²) in [5.74, 6) is -1.28. The quantitative estimate of drug-likeness (QED) is 0.189. The number of rotatable bonds is 9. The van der Waals surface area contributed by atoms with E-state index in [1.165, 1.54) is 37.7 Å². The van der Waals surface area contributed by atoms with E-state index >= 15 is 0 Å². The number of hydrogen-bond acceptors (Lipinski definition) is 5. The normalized spacial score (nSPS) is 25.6. The molecule has 1 aromatic rings. The molecular weight excluding hydrogens is 444 g/mol. The number of aryl methyl sites for hydroxylation is 1. The summed E-state index contributed by atoms with van der Waals surface area (Å²) in [5.41, 5.74) is 10.6. The fraction of sp³-hybridized carbons (Fsp3) is 0.607. The molecular formula is C28H42N2O5. The van der Waals surface area contributed by atoms with Crippen molar-refractivity contribution in [2.24, 2.45) is 22.2 Å². The predicted molar refractivity (Wildman–Crippen MR) is 139 cm³/mol. The van der Waals surface area contributed by atoms with Gasteiger partial charge in [-0.1, -0.05) is 57.5 Å². The summed E-state index contributed by atoms with van der Waals surface area (Å²) in [6, 6.07) is 7.27. The number of carboxylic acid groups (broad SMARTS) is 2. The van der Waals surface area contributed by atoms with Crippen molar-refractivity contribution in [1.29, 1.82) is 0 Å². The first-order valence-corrected chi connectivity index (χ1v) is 12.7. The maximum absolute atomic E-state index is 9.55. The van der Waals surface area contributed by atoms with E-state index in [0.717, 1.165) is 19.4 Å². The van der Waals surface area contributed by atoms with Crippen LogP contribution >= 0.6 is 0 Å². The van der Waals surface area contributed by atoms with Gasteiger partial charge in [-0.3, -0.25) is 0 Å². The van der Waals surface area contributed by atoms with Crippen molar-refractivity contribution in [3.63, 3.8) is 0 Å². The molecule has 2 aliphatic carbocycles. The van der Waals surface area contributed by atoms with Crippen molar-refractivity contribution in [2.45, 2.75) is 84.0 Å². The SMILES string of the molecule is CC(C)c1ccc2c(c1)CC[C@H]1[C@](C)(/C=N/OCCCCN)CCC[C@]21C.O=C(O)/C=C/C(=O)O. The third-order valence-electron chi connectivity index (χ3n) is 7.57. The smallest absolute Gasteiger partial charge is 0.328 e. The Morgan fingerprint density at radius 2 is 1.86 bits per heavy atom. The number of oxime groups is 1. The van der Waals surface area contributed by atoms with E-state index in [4.69, 9.17) is 20.8 Å². The van der Waals surface area contributed by atoms with Gasteiger partial charge in [0.15, 0.2) is 0 Å². The second kappa shape index (κ2) is 12.9. The highest BCUT2D eigenvalue weighted by molar-refractivity contribution is 5.89. The molecule has 1 fully saturated rings. The van der Waals surface area contributed by atoms with Gasteiger partial charge in [-0.15, -0.1) is 0 Å². The minimum atomic E-state index is -1.26. The molecule has 3 atom stereocenters. The molecule has 4 N–H and O–H groups in total. The van der Waals surface area contributed by atoms with E-state index in [-0.39, 0.29) is 10.8 Å². The summed E-state index contributed by atoms with van der Waals surface area (Å²) < 4.78 is 0. The first-order chi connectivity index (χ1) is 16.5. The van der Waals surface area contributed by atoms with Crippen LogP contribution in [0.1, 0.15) is 88.8 Å². The van der Waals surface area contributed by atoms with Crippen LogP contribution in [0.2, 0.25) is 0 Å². The van der Waals surface area contributed by atoms with Crippen LogP contribution in [0, 0.1) is 11.3 Å². The Morgan fingerprint density at radius 3 is 2.46 bits per heavy atom. The van der Waals surface area contributed by atoms with Crippen molar-refractivity contribution in [1.82, 2.24) is 0 Å². The molecule has 0 bridgehead atoms. The first kappa shape index (κ1) is 28.6. The number of benzene rings is 1. The van der Waals surface area contributed by atoms with Crippen LogP contribution in [0.4, 0.5) is 0 Å². The molecule has 0 aliphatic heterocycles. The molecule has 0 spiro atoms. The van der Waals surface area contributed by atoms with Gasteiger partial charge >= 0.3 is 11.9 Å². The number of unbranched alkanes of at least 4 members (excludes halogenated alkanes) is 1. The molecule has 1 aromatic carbocycles. The average Bonchev–Trinajstić information content (AvgIpc) is 2.80. The molecule has 0 saturated heterocycles. The van der Waals surface area contributed by atoms with Crippen molar-refractivity contribution in [3.8, 4) is 0 Å². The maximum atomic E-state index is 9.55. The third kappa shape index (κ3) is 7.66. The van der Waals surface area contributed by atoms with Gasteiger partial charge in [0.1, 0.15) is 6.61 Å². The Labute approximate surface area is 209 Å². The molecule has 0 aromatic heterocycles. The lowest BCUT2D eigenvalue weighted by Crippen LogP contribution is -2.49. The number of nitrogens with two attached hydrogens (primary N) is 1. The maximum Gasteiger partial charge on any atom is 0.328 e. The molecule has 0 heterocycles. The zero-order chi connectivity index (χ0) is 26.1. The number of carbonyl (C=O) groups is 2. The Balaban J connectivity index is 0.000000466. The summed E-state index contributed by atoms with van der Waals surface area (Å²) in [4.78, 5) is 24.6. The minimum Gasteiger partial charge on any atom is -0.478 e. The molecule has 0 unspecified atom stereocenters. The summed E-state index contributed by atoms with van der Waals surface area (Å²) in [7, 11) is 0. The summed E-state index contributed by atoms with van der Waals surface area (Å²) in [6.07, 6.45) is 11.4. The van der Waals surface area contributed by atoms with Gasteiger partial charge in [-0.05, 0) is 79.0 Å². The van der Waals surface area contributed by atoms with Crippen molar-refractivity contribution in [3.05, 3.63) is 47.0 Å². The molecule has 1 saturated carbocycles. The molecule has 7 heteroatoms. The van der Waals surface area contributed by atoms with E-state index < -0.39 is 11.9 Å². The van der Waals surface area contributed by atoms with Gasteiger partial charge in [-0.25, -0.2) is 9.59 Å². The van der Waals surface area contributed by atoms with Gasteiger partial charge in [-0.2, -0.15) is 0 Å². The van der Waals surface area contributed by atoms with Crippen LogP contribution in [-0.4, -0.2) is 41.5 Å². The van der Waals surface area contributed by atoms with Crippen LogP contribution in [-0.2, 0) is 26.3 Å². The first-order valence-electron chi connectivity index (χ1n) is 12.7. The second-order valence-corrected chi connectivity index (χ2v) is 10.5. The van der Waals surface area contributed by atoms with Crippen molar-refractivity contribution >= 4 is 18.2 Å². The summed E-state index contributed by atoms with van der Waals surface area (Å²) in [6.45, 7) is 10.9. The van der Waals surface area contributed by atoms with Gasteiger partial charge in [0.2, 0.25) is 0 Å². The summed E-state index contributed by atoms with van der Waals surface area (Å²) >= 11 is 0. The minimum absolute atomic E-state index is 0.120.